The first-order chi connectivity index (χ1) is 9.44. The molecular weight excluding hydrogens is 322 g/mol. The molecule has 1 aromatic rings. The summed E-state index contributed by atoms with van der Waals surface area (Å²) in [5.41, 5.74) is 2.19. The summed E-state index contributed by atoms with van der Waals surface area (Å²) in [6, 6.07) is 0.00897. The molecule has 0 amide bonds. The first-order valence-electron chi connectivity index (χ1n) is 7.14. The van der Waals surface area contributed by atoms with Gasteiger partial charge in [-0.05, 0) is 42.7 Å². The summed E-state index contributed by atoms with van der Waals surface area (Å²) in [6.07, 6.45) is 1.05. The van der Waals surface area contributed by atoms with Gasteiger partial charge in [-0.25, -0.2) is 0 Å². The lowest BCUT2D eigenvalue weighted by atomic mass is 10.2. The fourth-order valence-electron chi connectivity index (χ4n) is 2.32. The van der Waals surface area contributed by atoms with E-state index in [0.717, 1.165) is 35.4 Å². The van der Waals surface area contributed by atoms with Crippen LogP contribution in [0.25, 0.3) is 0 Å². The van der Waals surface area contributed by atoms with Crippen LogP contribution >= 0.6 is 15.9 Å². The molecule has 0 saturated carbocycles. The standard InChI is InChI=1S/C14H24BrN3O2/c1-5-11-14(15)12(18(7-3)16-11)9-17(6-2)10(4)8-13(19)20/h10H,5-9H2,1-4H3,(H,19,20). The Morgan fingerprint density at radius 1 is 1.45 bits per heavy atom. The van der Waals surface area contributed by atoms with Crippen molar-refractivity contribution in [3.63, 3.8) is 0 Å². The second-order valence-corrected chi connectivity index (χ2v) is 5.68. The molecular formula is C14H24BrN3O2. The van der Waals surface area contributed by atoms with Crippen molar-refractivity contribution in [1.82, 2.24) is 14.7 Å². The average molecular weight is 346 g/mol. The van der Waals surface area contributed by atoms with E-state index >= 15 is 0 Å². The monoisotopic (exact) mass is 345 g/mol. The molecule has 0 aromatic carbocycles. The minimum atomic E-state index is -0.756. The topological polar surface area (TPSA) is 58.4 Å². The highest BCUT2D eigenvalue weighted by Gasteiger charge is 2.20. The highest BCUT2D eigenvalue weighted by atomic mass is 79.9. The molecule has 1 unspecified atom stereocenters. The van der Waals surface area contributed by atoms with E-state index in [1.54, 1.807) is 0 Å². The number of halogens is 1. The van der Waals surface area contributed by atoms with Gasteiger partial charge in [0.25, 0.3) is 0 Å². The van der Waals surface area contributed by atoms with Crippen molar-refractivity contribution in [2.45, 2.75) is 59.7 Å². The van der Waals surface area contributed by atoms with Gasteiger partial charge in [0.1, 0.15) is 0 Å². The van der Waals surface area contributed by atoms with Crippen LogP contribution in [0.1, 0.15) is 45.5 Å². The summed E-state index contributed by atoms with van der Waals surface area (Å²) in [5, 5.41) is 13.5. The Balaban J connectivity index is 2.94. The van der Waals surface area contributed by atoms with Crippen LogP contribution in [0.4, 0.5) is 0 Å². The summed E-state index contributed by atoms with van der Waals surface area (Å²) in [5.74, 6) is -0.756. The summed E-state index contributed by atoms with van der Waals surface area (Å²) in [7, 11) is 0. The molecule has 1 N–H and O–H groups in total. The first-order valence-corrected chi connectivity index (χ1v) is 7.93. The fourth-order valence-corrected chi connectivity index (χ4v) is 3.01. The van der Waals surface area contributed by atoms with Gasteiger partial charge in [0.05, 0.1) is 22.3 Å². The number of aromatic nitrogens is 2. The van der Waals surface area contributed by atoms with Gasteiger partial charge in [-0.1, -0.05) is 13.8 Å². The van der Waals surface area contributed by atoms with E-state index in [4.69, 9.17) is 5.11 Å². The van der Waals surface area contributed by atoms with Crippen LogP contribution in [0, 0.1) is 0 Å². The Morgan fingerprint density at radius 2 is 2.10 bits per heavy atom. The second-order valence-electron chi connectivity index (χ2n) is 4.89. The quantitative estimate of drug-likeness (QED) is 0.786. The molecule has 114 valence electrons. The molecule has 5 nitrogen and oxygen atoms in total. The van der Waals surface area contributed by atoms with Gasteiger partial charge in [-0.3, -0.25) is 14.4 Å². The third kappa shape index (κ3) is 4.06. The van der Waals surface area contributed by atoms with Crippen LogP contribution in [-0.4, -0.2) is 38.3 Å². The average Bonchev–Trinajstić information content (AvgIpc) is 2.70. The number of rotatable bonds is 8. The molecule has 1 atom stereocenters. The molecule has 1 rings (SSSR count). The van der Waals surface area contributed by atoms with Crippen LogP contribution in [-0.2, 0) is 24.3 Å². The molecule has 0 aliphatic rings. The number of nitrogens with zero attached hydrogens (tertiary/aromatic N) is 3. The van der Waals surface area contributed by atoms with Gasteiger partial charge < -0.3 is 5.11 Å². The van der Waals surface area contributed by atoms with Crippen molar-refractivity contribution < 1.29 is 9.90 Å². The van der Waals surface area contributed by atoms with E-state index in [0.29, 0.717) is 6.54 Å². The molecule has 0 aliphatic heterocycles. The number of hydrogen-bond acceptors (Lipinski definition) is 3. The van der Waals surface area contributed by atoms with Crippen molar-refractivity contribution >= 4 is 21.9 Å². The molecule has 0 saturated heterocycles. The normalized spacial score (nSPS) is 12.9. The molecule has 0 fully saturated rings. The van der Waals surface area contributed by atoms with E-state index in [-0.39, 0.29) is 12.5 Å². The van der Waals surface area contributed by atoms with Crippen molar-refractivity contribution in [3.8, 4) is 0 Å². The van der Waals surface area contributed by atoms with Crippen molar-refractivity contribution in [2.24, 2.45) is 0 Å². The minimum absolute atomic E-state index is 0.00897. The van der Waals surface area contributed by atoms with Crippen LogP contribution < -0.4 is 0 Å². The molecule has 6 heteroatoms. The SMILES string of the molecule is CCc1nn(CC)c(CN(CC)C(C)CC(=O)O)c1Br. The number of carboxylic acid groups (broad SMARTS) is 1. The maximum atomic E-state index is 10.9. The van der Waals surface area contributed by atoms with Crippen LogP contribution in [0.15, 0.2) is 4.47 Å². The zero-order valence-corrected chi connectivity index (χ0v) is 14.3. The molecule has 0 aliphatic carbocycles. The van der Waals surface area contributed by atoms with E-state index in [1.807, 2.05) is 11.6 Å². The summed E-state index contributed by atoms with van der Waals surface area (Å²) >= 11 is 3.63. The van der Waals surface area contributed by atoms with E-state index in [2.05, 4.69) is 46.7 Å². The van der Waals surface area contributed by atoms with E-state index in [1.165, 1.54) is 0 Å². The van der Waals surface area contributed by atoms with Crippen molar-refractivity contribution in [2.75, 3.05) is 6.54 Å². The van der Waals surface area contributed by atoms with E-state index in [9.17, 15) is 4.79 Å². The lowest BCUT2D eigenvalue weighted by Gasteiger charge is -2.27. The highest BCUT2D eigenvalue weighted by Crippen LogP contribution is 2.24. The number of aryl methyl sites for hydroxylation is 2. The second kappa shape index (κ2) is 7.78. The van der Waals surface area contributed by atoms with Crippen molar-refractivity contribution in [1.29, 1.82) is 0 Å². The van der Waals surface area contributed by atoms with Crippen LogP contribution in [0.3, 0.4) is 0 Å². The smallest absolute Gasteiger partial charge is 0.304 e. The van der Waals surface area contributed by atoms with Crippen LogP contribution in [0.5, 0.6) is 0 Å². The summed E-state index contributed by atoms with van der Waals surface area (Å²) in [4.78, 5) is 13.0. The maximum absolute atomic E-state index is 10.9. The zero-order valence-electron chi connectivity index (χ0n) is 12.7. The maximum Gasteiger partial charge on any atom is 0.304 e. The Hall–Kier alpha value is -0.880. The Morgan fingerprint density at radius 3 is 2.55 bits per heavy atom. The Labute approximate surface area is 129 Å². The molecule has 0 spiro atoms. The summed E-state index contributed by atoms with van der Waals surface area (Å²) in [6.45, 7) is 10.5. The Bertz CT molecular complexity index is 460. The first kappa shape index (κ1) is 17.2. The fraction of sp³-hybridized carbons (Fsp3) is 0.714. The number of carbonyl (C=O) groups is 1. The molecule has 20 heavy (non-hydrogen) atoms. The number of carboxylic acids is 1. The van der Waals surface area contributed by atoms with Gasteiger partial charge >= 0.3 is 5.97 Å². The number of aliphatic carboxylic acids is 1. The highest BCUT2D eigenvalue weighted by molar-refractivity contribution is 9.10. The largest absolute Gasteiger partial charge is 0.481 e. The van der Waals surface area contributed by atoms with Gasteiger partial charge in [0.15, 0.2) is 0 Å². The van der Waals surface area contributed by atoms with Gasteiger partial charge in [-0.2, -0.15) is 5.10 Å². The molecule has 1 aromatic heterocycles. The van der Waals surface area contributed by atoms with Gasteiger partial charge in [-0.15, -0.1) is 0 Å². The van der Waals surface area contributed by atoms with E-state index < -0.39 is 5.97 Å². The lowest BCUT2D eigenvalue weighted by Crippen LogP contribution is -2.35. The third-order valence-electron chi connectivity index (χ3n) is 3.55. The summed E-state index contributed by atoms with van der Waals surface area (Å²) < 4.78 is 3.06. The predicted molar refractivity (Wildman–Crippen MR) is 82.8 cm³/mol. The van der Waals surface area contributed by atoms with Gasteiger partial charge in [0, 0.05) is 19.1 Å². The zero-order chi connectivity index (χ0) is 15.3. The number of hydrogen-bond donors (Lipinski definition) is 1. The lowest BCUT2D eigenvalue weighted by molar-refractivity contribution is -0.138. The minimum Gasteiger partial charge on any atom is -0.481 e. The van der Waals surface area contributed by atoms with Gasteiger partial charge in [0.2, 0.25) is 0 Å². The third-order valence-corrected chi connectivity index (χ3v) is 4.46. The molecule has 0 bridgehead atoms. The molecule has 1 heterocycles. The molecule has 0 radical (unpaired) electrons. The predicted octanol–water partition coefficient (Wildman–Crippen LogP) is 2.91. The Kier molecular flexibility index (Phi) is 6.68. The van der Waals surface area contributed by atoms with Crippen molar-refractivity contribution in [3.05, 3.63) is 15.9 Å². The van der Waals surface area contributed by atoms with Crippen LogP contribution in [0.2, 0.25) is 0 Å².